The van der Waals surface area contributed by atoms with E-state index < -0.39 is 0 Å². The highest BCUT2D eigenvalue weighted by Crippen LogP contribution is 2.27. The number of carbonyl (C=O) groups excluding carboxylic acids is 1. The Balaban J connectivity index is 1.61. The number of rotatable bonds is 5. The third kappa shape index (κ3) is 4.37. The number of benzene rings is 1. The van der Waals surface area contributed by atoms with E-state index in [0.717, 1.165) is 30.0 Å². The summed E-state index contributed by atoms with van der Waals surface area (Å²) < 4.78 is 7.71. The number of carbonyl (C=O) groups is 1. The minimum atomic E-state index is -0.361. The fourth-order valence-electron chi connectivity index (χ4n) is 3.67. The van der Waals surface area contributed by atoms with Gasteiger partial charge in [-0.3, -0.25) is 0 Å². The number of fused-ring (bicyclic) bond motifs is 1. The van der Waals surface area contributed by atoms with Gasteiger partial charge in [0.2, 0.25) is 0 Å². The number of hydrogen-bond donors (Lipinski definition) is 3. The molecule has 2 amide bonds. The van der Waals surface area contributed by atoms with Crippen LogP contribution in [0.4, 0.5) is 16.3 Å². The van der Waals surface area contributed by atoms with Crippen molar-refractivity contribution in [2.24, 2.45) is 0 Å². The Morgan fingerprint density at radius 2 is 1.93 bits per heavy atom. The van der Waals surface area contributed by atoms with Crippen LogP contribution in [0.25, 0.3) is 16.9 Å². The number of anilines is 2. The number of nitrogens with one attached hydrogen (secondary N) is 2. The molecule has 3 N–H and O–H groups in total. The van der Waals surface area contributed by atoms with E-state index >= 15 is 0 Å². The molecule has 158 valence electrons. The van der Waals surface area contributed by atoms with E-state index in [1.54, 1.807) is 12.1 Å². The van der Waals surface area contributed by atoms with E-state index in [0.29, 0.717) is 11.5 Å². The summed E-state index contributed by atoms with van der Waals surface area (Å²) in [5.74, 6) is 1.49. The molecule has 3 heterocycles. The largest absolute Gasteiger partial charge is 0.395 e. The number of nitrogens with zero attached hydrogens (tertiary/aromatic N) is 4. The molecular weight excluding hydrogens is 384 g/mol. The Labute approximate surface area is 174 Å². The number of ether oxygens (including phenoxy) is 1. The quantitative estimate of drug-likeness (QED) is 0.595. The molecule has 0 bridgehead atoms. The summed E-state index contributed by atoms with van der Waals surface area (Å²) in [6.07, 6.45) is 2.17. The van der Waals surface area contributed by atoms with Crippen molar-refractivity contribution in [3.63, 3.8) is 0 Å². The first-order chi connectivity index (χ1) is 14.5. The van der Waals surface area contributed by atoms with Gasteiger partial charge in [0.05, 0.1) is 18.8 Å². The van der Waals surface area contributed by atoms with Crippen molar-refractivity contribution in [3.8, 4) is 11.4 Å². The van der Waals surface area contributed by atoms with Crippen molar-refractivity contribution in [1.82, 2.24) is 19.9 Å². The van der Waals surface area contributed by atoms with Gasteiger partial charge >= 0.3 is 6.03 Å². The number of urea groups is 1. The van der Waals surface area contributed by atoms with Crippen LogP contribution in [0.15, 0.2) is 42.6 Å². The first kappa shape index (κ1) is 20.1. The predicted octanol–water partition coefficient (Wildman–Crippen LogP) is 2.12. The number of amides is 2. The lowest BCUT2D eigenvalue weighted by Crippen LogP contribution is -2.46. The Bertz CT molecular complexity index is 1010. The number of aliphatic hydroxyl groups excluding tert-OH is 1. The predicted molar refractivity (Wildman–Crippen MR) is 115 cm³/mol. The first-order valence-electron chi connectivity index (χ1n) is 10.1. The van der Waals surface area contributed by atoms with Crippen molar-refractivity contribution in [2.45, 2.75) is 26.1 Å². The van der Waals surface area contributed by atoms with Crippen LogP contribution in [0.3, 0.4) is 0 Å². The topological polar surface area (TPSA) is 104 Å². The van der Waals surface area contributed by atoms with E-state index in [1.165, 1.54) is 0 Å². The van der Waals surface area contributed by atoms with Gasteiger partial charge in [-0.25, -0.2) is 14.3 Å². The maximum atomic E-state index is 11.7. The molecule has 4 rings (SSSR count). The molecular formula is C21H26N6O3. The minimum absolute atomic E-state index is 0.103. The van der Waals surface area contributed by atoms with Gasteiger partial charge in [0.1, 0.15) is 5.52 Å². The van der Waals surface area contributed by atoms with Crippen LogP contribution < -0.4 is 15.5 Å². The molecule has 9 heteroatoms. The van der Waals surface area contributed by atoms with E-state index in [-0.39, 0.29) is 31.4 Å². The van der Waals surface area contributed by atoms with Crippen molar-refractivity contribution >= 4 is 23.1 Å². The van der Waals surface area contributed by atoms with Crippen LogP contribution in [0.1, 0.15) is 13.8 Å². The summed E-state index contributed by atoms with van der Waals surface area (Å²) in [5.41, 5.74) is 2.45. The Morgan fingerprint density at radius 1 is 1.20 bits per heavy atom. The minimum Gasteiger partial charge on any atom is -0.395 e. The zero-order valence-electron chi connectivity index (χ0n) is 17.1. The van der Waals surface area contributed by atoms with Gasteiger partial charge in [-0.15, -0.1) is 5.10 Å². The van der Waals surface area contributed by atoms with Crippen molar-refractivity contribution in [1.29, 1.82) is 0 Å². The molecule has 30 heavy (non-hydrogen) atoms. The molecule has 2 atom stereocenters. The van der Waals surface area contributed by atoms with Crippen LogP contribution in [0.2, 0.25) is 0 Å². The summed E-state index contributed by atoms with van der Waals surface area (Å²) in [6.45, 7) is 5.79. The normalized spacial score (nSPS) is 19.1. The molecule has 1 saturated heterocycles. The number of hydrogen-bond acceptors (Lipinski definition) is 6. The molecule has 1 aromatic carbocycles. The lowest BCUT2D eigenvalue weighted by Gasteiger charge is -2.36. The maximum absolute atomic E-state index is 11.7. The highest BCUT2D eigenvalue weighted by molar-refractivity contribution is 5.89. The summed E-state index contributed by atoms with van der Waals surface area (Å²) in [5, 5.41) is 18.7. The monoisotopic (exact) mass is 410 g/mol. The molecule has 0 saturated carbocycles. The molecule has 1 aliphatic rings. The standard InChI is InChI=1S/C21H26N6O3/c1-14-12-26(13-15(2)30-14)20-18-4-3-10-27(18)25-19(24-20)16-5-7-17(8-6-16)23-21(29)22-9-11-28/h3-8,10,14-15,28H,9,11-13H2,1-2H3,(H2,22,23,29)/t14-,15+. The van der Waals surface area contributed by atoms with Crippen LogP contribution in [0, 0.1) is 0 Å². The van der Waals surface area contributed by atoms with Crippen molar-refractivity contribution < 1.29 is 14.6 Å². The Morgan fingerprint density at radius 3 is 2.63 bits per heavy atom. The maximum Gasteiger partial charge on any atom is 0.319 e. The zero-order valence-corrected chi connectivity index (χ0v) is 17.1. The van der Waals surface area contributed by atoms with Crippen LogP contribution in [0.5, 0.6) is 0 Å². The third-order valence-corrected chi connectivity index (χ3v) is 4.89. The highest BCUT2D eigenvalue weighted by Gasteiger charge is 2.25. The molecule has 2 aromatic heterocycles. The lowest BCUT2D eigenvalue weighted by atomic mass is 10.2. The summed E-state index contributed by atoms with van der Waals surface area (Å²) in [6, 6.07) is 11.0. The molecule has 1 aliphatic heterocycles. The first-order valence-corrected chi connectivity index (χ1v) is 10.1. The summed E-state index contributed by atoms with van der Waals surface area (Å²) >= 11 is 0. The van der Waals surface area contributed by atoms with Crippen LogP contribution in [-0.4, -0.2) is 64.2 Å². The van der Waals surface area contributed by atoms with Gasteiger partial charge in [0.25, 0.3) is 0 Å². The smallest absolute Gasteiger partial charge is 0.319 e. The molecule has 3 aromatic rings. The summed E-state index contributed by atoms with van der Waals surface area (Å²) in [4.78, 5) is 18.9. The van der Waals surface area contributed by atoms with E-state index in [4.69, 9.17) is 14.8 Å². The Hall–Kier alpha value is -3.17. The van der Waals surface area contributed by atoms with E-state index in [2.05, 4.69) is 34.5 Å². The zero-order chi connectivity index (χ0) is 21.1. The van der Waals surface area contributed by atoms with Crippen LogP contribution in [-0.2, 0) is 4.74 Å². The molecule has 0 radical (unpaired) electrons. The van der Waals surface area contributed by atoms with Gasteiger partial charge in [-0.2, -0.15) is 0 Å². The molecule has 0 aliphatic carbocycles. The van der Waals surface area contributed by atoms with Gasteiger partial charge in [-0.05, 0) is 50.2 Å². The summed E-state index contributed by atoms with van der Waals surface area (Å²) in [7, 11) is 0. The highest BCUT2D eigenvalue weighted by atomic mass is 16.5. The number of aromatic nitrogens is 3. The number of morpholine rings is 1. The van der Waals surface area contributed by atoms with Crippen molar-refractivity contribution in [2.75, 3.05) is 36.5 Å². The van der Waals surface area contributed by atoms with E-state index in [1.807, 2.05) is 35.0 Å². The Kier molecular flexibility index (Phi) is 5.82. The number of aliphatic hydroxyl groups is 1. The van der Waals surface area contributed by atoms with Gasteiger partial charge in [0.15, 0.2) is 11.6 Å². The molecule has 9 nitrogen and oxygen atoms in total. The van der Waals surface area contributed by atoms with E-state index in [9.17, 15) is 4.79 Å². The molecule has 0 spiro atoms. The van der Waals surface area contributed by atoms with Gasteiger partial charge in [-0.1, -0.05) is 0 Å². The third-order valence-electron chi connectivity index (χ3n) is 4.89. The fourth-order valence-corrected chi connectivity index (χ4v) is 3.67. The van der Waals surface area contributed by atoms with Gasteiger partial charge in [0, 0.05) is 37.1 Å². The average molecular weight is 410 g/mol. The second-order valence-electron chi connectivity index (χ2n) is 7.44. The lowest BCUT2D eigenvalue weighted by molar-refractivity contribution is -0.00539. The van der Waals surface area contributed by atoms with Gasteiger partial charge < -0.3 is 25.4 Å². The second kappa shape index (κ2) is 8.68. The molecule has 0 unspecified atom stereocenters. The molecule has 1 fully saturated rings. The SMILES string of the molecule is C[C@@H]1CN(c2nc(-c3ccc(NC(=O)NCCO)cc3)nn3cccc23)C[C@H](C)O1. The van der Waals surface area contributed by atoms with Crippen molar-refractivity contribution in [3.05, 3.63) is 42.6 Å². The average Bonchev–Trinajstić information content (AvgIpc) is 3.20. The van der Waals surface area contributed by atoms with Crippen LogP contribution >= 0.6 is 0 Å². The second-order valence-corrected chi connectivity index (χ2v) is 7.44. The fraction of sp³-hybridized carbons (Fsp3) is 0.381.